The van der Waals surface area contributed by atoms with Crippen LogP contribution < -0.4 is 0 Å². The van der Waals surface area contributed by atoms with Crippen molar-refractivity contribution in [3.8, 4) is 0 Å². The van der Waals surface area contributed by atoms with Crippen LogP contribution in [0.4, 0.5) is 0 Å². The SMILES string of the molecule is CCc1c(C(=O)Cl)ccc(C2CC2)c1S(=O)(=O)CC1CC1. The lowest BCUT2D eigenvalue weighted by Crippen LogP contribution is -2.15. The minimum atomic E-state index is -3.34. The Bertz CT molecular complexity index is 686. The quantitative estimate of drug-likeness (QED) is 0.749. The number of hydrogen-bond donors (Lipinski definition) is 0. The molecule has 0 heterocycles. The molecule has 21 heavy (non-hydrogen) atoms. The van der Waals surface area contributed by atoms with Gasteiger partial charge in [0.25, 0.3) is 5.24 Å². The molecule has 0 unspecified atom stereocenters. The van der Waals surface area contributed by atoms with Gasteiger partial charge in [0.2, 0.25) is 0 Å². The number of carbonyl (C=O) groups excluding carboxylic acids is 1. The normalized spacial score (nSPS) is 18.8. The lowest BCUT2D eigenvalue weighted by atomic mass is 10.00. The van der Waals surface area contributed by atoms with E-state index in [2.05, 4.69) is 0 Å². The van der Waals surface area contributed by atoms with Crippen molar-refractivity contribution in [1.29, 1.82) is 0 Å². The fraction of sp³-hybridized carbons (Fsp3) is 0.562. The zero-order valence-electron chi connectivity index (χ0n) is 12.1. The summed E-state index contributed by atoms with van der Waals surface area (Å²) in [5.74, 6) is 0.834. The molecule has 0 spiro atoms. The van der Waals surface area contributed by atoms with Crippen LogP contribution in [0.2, 0.25) is 0 Å². The van der Waals surface area contributed by atoms with E-state index < -0.39 is 15.1 Å². The zero-order valence-corrected chi connectivity index (χ0v) is 13.6. The molecule has 1 aromatic carbocycles. The Balaban J connectivity index is 2.18. The van der Waals surface area contributed by atoms with Crippen molar-refractivity contribution in [2.75, 3.05) is 5.75 Å². The van der Waals surface area contributed by atoms with Crippen molar-refractivity contribution in [2.45, 2.75) is 49.8 Å². The molecule has 1 aromatic rings. The van der Waals surface area contributed by atoms with E-state index in [0.717, 1.165) is 31.2 Å². The highest BCUT2D eigenvalue weighted by molar-refractivity contribution is 7.91. The third kappa shape index (κ3) is 3.02. The summed E-state index contributed by atoms with van der Waals surface area (Å²) in [6.07, 6.45) is 4.56. The summed E-state index contributed by atoms with van der Waals surface area (Å²) in [7, 11) is -3.34. The number of benzene rings is 1. The standard InChI is InChI=1S/C16H19ClO3S/c1-2-12-14(16(17)18)8-7-13(11-5-6-11)15(12)21(19,20)9-10-3-4-10/h7-8,10-11H,2-6,9H2,1H3. The predicted octanol–water partition coefficient (Wildman–Crippen LogP) is 3.69. The molecule has 3 rings (SSSR count). The maximum atomic E-state index is 12.8. The molecule has 114 valence electrons. The molecule has 2 aliphatic rings. The fourth-order valence-electron chi connectivity index (χ4n) is 2.94. The van der Waals surface area contributed by atoms with Crippen LogP contribution in [-0.2, 0) is 16.3 Å². The third-order valence-corrected chi connectivity index (χ3v) is 6.55. The molecule has 0 amide bonds. The smallest absolute Gasteiger partial charge is 0.252 e. The van der Waals surface area contributed by atoms with E-state index in [9.17, 15) is 13.2 Å². The van der Waals surface area contributed by atoms with E-state index >= 15 is 0 Å². The van der Waals surface area contributed by atoms with Gasteiger partial charge in [0.05, 0.1) is 10.6 Å². The van der Waals surface area contributed by atoms with Gasteiger partial charge >= 0.3 is 0 Å². The topological polar surface area (TPSA) is 51.2 Å². The Morgan fingerprint density at radius 3 is 2.38 bits per heavy atom. The lowest BCUT2D eigenvalue weighted by molar-refractivity contribution is 0.108. The average Bonchev–Trinajstić information content (AvgIpc) is 3.29. The molecule has 0 aliphatic heterocycles. The van der Waals surface area contributed by atoms with Crippen LogP contribution in [0.15, 0.2) is 17.0 Å². The third-order valence-electron chi connectivity index (χ3n) is 4.34. The molecule has 0 aromatic heterocycles. The maximum absolute atomic E-state index is 12.8. The summed E-state index contributed by atoms with van der Waals surface area (Å²) in [4.78, 5) is 12.0. The second-order valence-corrected chi connectivity index (χ2v) is 8.45. The zero-order chi connectivity index (χ0) is 15.2. The van der Waals surface area contributed by atoms with E-state index in [4.69, 9.17) is 11.6 Å². The Labute approximate surface area is 130 Å². The van der Waals surface area contributed by atoms with Gasteiger partial charge in [0.15, 0.2) is 9.84 Å². The van der Waals surface area contributed by atoms with E-state index in [1.807, 2.05) is 6.92 Å². The van der Waals surface area contributed by atoms with E-state index in [1.54, 1.807) is 12.1 Å². The van der Waals surface area contributed by atoms with Crippen molar-refractivity contribution in [2.24, 2.45) is 5.92 Å². The molecular formula is C16H19ClO3S. The van der Waals surface area contributed by atoms with Crippen LogP contribution in [0, 0.1) is 5.92 Å². The molecule has 2 aliphatic carbocycles. The van der Waals surface area contributed by atoms with Crippen LogP contribution in [0.3, 0.4) is 0 Å². The minimum absolute atomic E-state index is 0.208. The van der Waals surface area contributed by atoms with Gasteiger partial charge in [0.1, 0.15) is 0 Å². The highest BCUT2D eigenvalue weighted by Crippen LogP contribution is 2.45. The summed E-state index contributed by atoms with van der Waals surface area (Å²) < 4.78 is 25.7. The van der Waals surface area contributed by atoms with Gasteiger partial charge in [-0.15, -0.1) is 0 Å². The highest BCUT2D eigenvalue weighted by atomic mass is 35.5. The van der Waals surface area contributed by atoms with Gasteiger partial charge in [-0.1, -0.05) is 13.0 Å². The minimum Gasteiger partial charge on any atom is -0.276 e. The lowest BCUT2D eigenvalue weighted by Gasteiger charge is -2.16. The Morgan fingerprint density at radius 1 is 1.24 bits per heavy atom. The number of halogens is 1. The second-order valence-electron chi connectivity index (χ2n) is 6.14. The monoisotopic (exact) mass is 326 g/mol. The molecule has 0 atom stereocenters. The molecule has 0 bridgehead atoms. The van der Waals surface area contributed by atoms with Crippen molar-refractivity contribution in [3.05, 3.63) is 28.8 Å². The van der Waals surface area contributed by atoms with Crippen molar-refractivity contribution in [1.82, 2.24) is 0 Å². The van der Waals surface area contributed by atoms with Crippen LogP contribution in [0.25, 0.3) is 0 Å². The summed E-state index contributed by atoms with van der Waals surface area (Å²) in [6, 6.07) is 3.49. The first-order valence-corrected chi connectivity index (χ1v) is 9.55. The number of rotatable bonds is 6. The first kappa shape index (κ1) is 15.0. The molecule has 0 radical (unpaired) electrons. The van der Waals surface area contributed by atoms with Crippen molar-refractivity contribution in [3.63, 3.8) is 0 Å². The predicted molar refractivity (Wildman–Crippen MR) is 82.8 cm³/mol. The molecule has 0 N–H and O–H groups in total. The van der Waals surface area contributed by atoms with E-state index in [0.29, 0.717) is 34.3 Å². The summed E-state index contributed by atoms with van der Waals surface area (Å²) in [5, 5.41) is -0.572. The van der Waals surface area contributed by atoms with Gasteiger partial charge in [-0.3, -0.25) is 4.79 Å². The van der Waals surface area contributed by atoms with Crippen LogP contribution >= 0.6 is 11.6 Å². The van der Waals surface area contributed by atoms with Gasteiger partial charge < -0.3 is 0 Å². The largest absolute Gasteiger partial charge is 0.276 e. The Kier molecular flexibility index (Phi) is 3.87. The highest BCUT2D eigenvalue weighted by Gasteiger charge is 2.36. The second kappa shape index (κ2) is 5.40. The maximum Gasteiger partial charge on any atom is 0.252 e. The van der Waals surface area contributed by atoms with Crippen molar-refractivity contribution < 1.29 is 13.2 Å². The molecule has 0 saturated heterocycles. The van der Waals surface area contributed by atoms with Gasteiger partial charge in [-0.2, -0.15) is 0 Å². The molecule has 2 fully saturated rings. The number of sulfone groups is 1. The Morgan fingerprint density at radius 2 is 1.90 bits per heavy atom. The molecule has 2 saturated carbocycles. The van der Waals surface area contributed by atoms with E-state index in [-0.39, 0.29) is 5.75 Å². The van der Waals surface area contributed by atoms with Crippen molar-refractivity contribution >= 4 is 26.7 Å². The van der Waals surface area contributed by atoms with Crippen LogP contribution in [0.1, 0.15) is 60.0 Å². The Hall–Kier alpha value is -0.870. The first-order valence-electron chi connectivity index (χ1n) is 7.52. The van der Waals surface area contributed by atoms with Gasteiger partial charge in [0, 0.05) is 5.56 Å². The molecule has 3 nitrogen and oxygen atoms in total. The summed E-state index contributed by atoms with van der Waals surface area (Å²) in [6.45, 7) is 1.88. The van der Waals surface area contributed by atoms with Gasteiger partial charge in [-0.25, -0.2) is 8.42 Å². The fourth-order valence-corrected chi connectivity index (χ4v) is 5.46. The van der Waals surface area contributed by atoms with Gasteiger partial charge in [-0.05, 0) is 72.7 Å². The first-order chi connectivity index (χ1) is 9.94. The number of hydrogen-bond acceptors (Lipinski definition) is 3. The van der Waals surface area contributed by atoms with Crippen LogP contribution in [-0.4, -0.2) is 19.4 Å². The molecular weight excluding hydrogens is 308 g/mol. The summed E-state index contributed by atoms with van der Waals surface area (Å²) in [5.41, 5.74) is 1.85. The van der Waals surface area contributed by atoms with Crippen LogP contribution in [0.5, 0.6) is 0 Å². The molecule has 5 heteroatoms. The van der Waals surface area contributed by atoms with E-state index in [1.165, 1.54) is 0 Å². The summed E-state index contributed by atoms with van der Waals surface area (Å²) >= 11 is 5.64. The average molecular weight is 327 g/mol. The number of carbonyl (C=O) groups is 1.